The van der Waals surface area contributed by atoms with Gasteiger partial charge in [-0.1, -0.05) is 24.3 Å². The van der Waals surface area contributed by atoms with Crippen LogP contribution < -0.4 is 10.9 Å². The fraction of sp³-hybridized carbons (Fsp3) is 0.182. The molecule has 0 atom stereocenters. The molecule has 0 saturated heterocycles. The van der Waals surface area contributed by atoms with Crippen LogP contribution >= 0.6 is 0 Å². The van der Waals surface area contributed by atoms with E-state index in [1.54, 1.807) is 18.2 Å². The third-order valence-electron chi connectivity index (χ3n) is 5.13. The van der Waals surface area contributed by atoms with Gasteiger partial charge in [-0.2, -0.15) is 0 Å². The molecule has 8 heteroatoms. The van der Waals surface area contributed by atoms with Crippen molar-refractivity contribution in [1.82, 2.24) is 14.0 Å². The SMILES string of the molecule is Cc1cc(CCNc2nc3ccccn3c(=O)c2[N+](=O)[O-])c(C)n1-c1ccccc1. The Kier molecular flexibility index (Phi) is 5.05. The summed E-state index contributed by atoms with van der Waals surface area (Å²) in [5.41, 5.74) is 3.56. The number of hydrogen-bond acceptors (Lipinski definition) is 5. The second-order valence-electron chi connectivity index (χ2n) is 7.04. The first kappa shape index (κ1) is 19.4. The number of pyridine rings is 1. The molecule has 1 N–H and O–H groups in total. The lowest BCUT2D eigenvalue weighted by molar-refractivity contribution is -0.385. The largest absolute Gasteiger partial charge is 0.376 e. The van der Waals surface area contributed by atoms with Crippen LogP contribution in [0.25, 0.3) is 11.3 Å². The molecule has 0 spiro atoms. The molecule has 4 rings (SSSR count). The van der Waals surface area contributed by atoms with Gasteiger partial charge in [-0.25, -0.2) is 4.98 Å². The zero-order chi connectivity index (χ0) is 21.3. The Morgan fingerprint density at radius 2 is 1.83 bits per heavy atom. The van der Waals surface area contributed by atoms with E-state index in [4.69, 9.17) is 0 Å². The fourth-order valence-corrected chi connectivity index (χ4v) is 3.74. The number of nitrogens with one attached hydrogen (secondary N) is 1. The highest BCUT2D eigenvalue weighted by molar-refractivity contribution is 5.59. The first-order valence-corrected chi connectivity index (χ1v) is 9.60. The van der Waals surface area contributed by atoms with Crippen LogP contribution in [-0.4, -0.2) is 25.4 Å². The molecule has 152 valence electrons. The quantitative estimate of drug-likeness (QED) is 0.392. The Morgan fingerprint density at radius 3 is 2.57 bits per heavy atom. The van der Waals surface area contributed by atoms with E-state index in [1.807, 2.05) is 25.1 Å². The van der Waals surface area contributed by atoms with Crippen molar-refractivity contribution >= 4 is 17.2 Å². The zero-order valence-corrected chi connectivity index (χ0v) is 16.7. The minimum Gasteiger partial charge on any atom is -0.364 e. The van der Waals surface area contributed by atoms with Crippen molar-refractivity contribution in [3.05, 3.63) is 98.2 Å². The Morgan fingerprint density at radius 1 is 1.10 bits per heavy atom. The van der Waals surface area contributed by atoms with E-state index in [2.05, 4.69) is 40.0 Å². The van der Waals surface area contributed by atoms with Crippen LogP contribution in [0.2, 0.25) is 0 Å². The third kappa shape index (κ3) is 3.43. The molecule has 3 aromatic heterocycles. The molecule has 1 aromatic carbocycles. The summed E-state index contributed by atoms with van der Waals surface area (Å²) in [5.74, 6) is -0.00642. The zero-order valence-electron chi connectivity index (χ0n) is 16.7. The van der Waals surface area contributed by atoms with Crippen LogP contribution in [0.15, 0.2) is 65.6 Å². The number of fused-ring (bicyclic) bond motifs is 1. The highest BCUT2D eigenvalue weighted by Crippen LogP contribution is 2.22. The number of hydrogen-bond donors (Lipinski definition) is 1. The first-order chi connectivity index (χ1) is 14.5. The molecule has 0 bridgehead atoms. The number of para-hydroxylation sites is 1. The fourth-order valence-electron chi connectivity index (χ4n) is 3.74. The second-order valence-corrected chi connectivity index (χ2v) is 7.04. The molecule has 0 fully saturated rings. The predicted molar refractivity (Wildman–Crippen MR) is 116 cm³/mol. The molecule has 3 heterocycles. The monoisotopic (exact) mass is 403 g/mol. The van der Waals surface area contributed by atoms with Crippen molar-refractivity contribution in [2.75, 3.05) is 11.9 Å². The van der Waals surface area contributed by atoms with Crippen molar-refractivity contribution in [1.29, 1.82) is 0 Å². The lowest BCUT2D eigenvalue weighted by Crippen LogP contribution is -2.21. The highest BCUT2D eigenvalue weighted by Gasteiger charge is 2.23. The van der Waals surface area contributed by atoms with Gasteiger partial charge in [0.25, 0.3) is 0 Å². The molecule has 0 aliphatic carbocycles. The maximum absolute atomic E-state index is 12.5. The third-order valence-corrected chi connectivity index (χ3v) is 5.13. The van der Waals surface area contributed by atoms with Crippen LogP contribution in [0.4, 0.5) is 11.5 Å². The number of anilines is 1. The van der Waals surface area contributed by atoms with Crippen LogP contribution in [0.1, 0.15) is 17.0 Å². The van der Waals surface area contributed by atoms with Gasteiger partial charge in [0.05, 0.1) is 4.92 Å². The van der Waals surface area contributed by atoms with E-state index in [9.17, 15) is 14.9 Å². The first-order valence-electron chi connectivity index (χ1n) is 9.60. The number of aryl methyl sites for hydroxylation is 1. The van der Waals surface area contributed by atoms with Gasteiger partial charge in [0, 0.05) is 29.8 Å². The molecule has 4 aromatic rings. The van der Waals surface area contributed by atoms with E-state index in [0.717, 1.165) is 22.6 Å². The molecule has 0 aliphatic heterocycles. The summed E-state index contributed by atoms with van der Waals surface area (Å²) in [5, 5.41) is 14.5. The summed E-state index contributed by atoms with van der Waals surface area (Å²) in [4.78, 5) is 27.6. The smallest absolute Gasteiger partial charge is 0.364 e. The summed E-state index contributed by atoms with van der Waals surface area (Å²) < 4.78 is 3.36. The Bertz CT molecular complexity index is 1290. The Balaban J connectivity index is 1.60. The van der Waals surface area contributed by atoms with E-state index >= 15 is 0 Å². The van der Waals surface area contributed by atoms with E-state index in [0.29, 0.717) is 18.6 Å². The lowest BCUT2D eigenvalue weighted by Gasteiger charge is -2.10. The van der Waals surface area contributed by atoms with E-state index in [-0.39, 0.29) is 5.82 Å². The summed E-state index contributed by atoms with van der Waals surface area (Å²) in [6.07, 6.45) is 2.11. The number of nitrogens with zero attached hydrogens (tertiary/aromatic N) is 4. The average Bonchev–Trinajstić information content (AvgIpc) is 3.01. The average molecular weight is 403 g/mol. The van der Waals surface area contributed by atoms with Crippen molar-refractivity contribution in [3.63, 3.8) is 0 Å². The predicted octanol–water partition coefficient (Wildman–Crippen LogP) is 3.66. The number of nitro groups is 1. The topological polar surface area (TPSA) is 94.5 Å². The van der Waals surface area contributed by atoms with Gasteiger partial charge in [-0.05, 0) is 56.2 Å². The van der Waals surface area contributed by atoms with Crippen LogP contribution in [-0.2, 0) is 6.42 Å². The van der Waals surface area contributed by atoms with Crippen LogP contribution in [0.3, 0.4) is 0 Å². The molecular formula is C22H21N5O3. The molecular weight excluding hydrogens is 382 g/mol. The summed E-state index contributed by atoms with van der Waals surface area (Å²) in [6, 6.07) is 17.2. The molecule has 8 nitrogen and oxygen atoms in total. The molecule has 0 saturated carbocycles. The van der Waals surface area contributed by atoms with Crippen LogP contribution in [0, 0.1) is 24.0 Å². The van der Waals surface area contributed by atoms with Crippen molar-refractivity contribution in [2.24, 2.45) is 0 Å². The van der Waals surface area contributed by atoms with Gasteiger partial charge in [0.15, 0.2) is 0 Å². The molecule has 0 aliphatic rings. The van der Waals surface area contributed by atoms with Gasteiger partial charge < -0.3 is 9.88 Å². The lowest BCUT2D eigenvalue weighted by atomic mass is 10.2. The highest BCUT2D eigenvalue weighted by atomic mass is 16.6. The van der Waals surface area contributed by atoms with Gasteiger partial charge in [-0.15, -0.1) is 0 Å². The molecule has 0 amide bonds. The Hall–Kier alpha value is -3.94. The Labute approximate surface area is 172 Å². The maximum Gasteiger partial charge on any atom is 0.376 e. The van der Waals surface area contributed by atoms with Gasteiger partial charge in [0.1, 0.15) is 5.65 Å². The second kappa shape index (κ2) is 7.82. The van der Waals surface area contributed by atoms with Gasteiger partial charge in [0.2, 0.25) is 5.82 Å². The molecule has 30 heavy (non-hydrogen) atoms. The minimum atomic E-state index is -0.699. The maximum atomic E-state index is 12.5. The van der Waals surface area contributed by atoms with E-state index in [1.165, 1.54) is 10.6 Å². The minimum absolute atomic E-state index is 0.00642. The van der Waals surface area contributed by atoms with E-state index < -0.39 is 16.2 Å². The molecule has 0 radical (unpaired) electrons. The summed E-state index contributed by atoms with van der Waals surface area (Å²) in [6.45, 7) is 4.52. The number of benzene rings is 1. The summed E-state index contributed by atoms with van der Waals surface area (Å²) >= 11 is 0. The standard InChI is InChI=1S/C22H21N5O3/c1-15-14-17(16(2)26(15)18-8-4-3-5-9-18)11-12-23-21-20(27(29)30)22(28)25-13-7-6-10-19(25)24-21/h3-10,13-14,23H,11-12H2,1-2H3. The van der Waals surface area contributed by atoms with Crippen molar-refractivity contribution in [2.45, 2.75) is 20.3 Å². The number of rotatable bonds is 6. The normalized spacial score (nSPS) is 11.0. The van der Waals surface area contributed by atoms with Gasteiger partial charge >= 0.3 is 11.2 Å². The summed E-state index contributed by atoms with van der Waals surface area (Å²) in [7, 11) is 0. The van der Waals surface area contributed by atoms with Crippen molar-refractivity contribution in [3.8, 4) is 5.69 Å². The van der Waals surface area contributed by atoms with Crippen molar-refractivity contribution < 1.29 is 4.92 Å². The number of aromatic nitrogens is 3. The van der Waals surface area contributed by atoms with Gasteiger partial charge in [-0.3, -0.25) is 19.3 Å². The molecule has 0 unspecified atom stereocenters. The van der Waals surface area contributed by atoms with Crippen LogP contribution in [0.5, 0.6) is 0 Å².